The first-order chi connectivity index (χ1) is 22.1. The van der Waals surface area contributed by atoms with E-state index in [9.17, 15) is 26.8 Å². The number of amides is 2. The molecule has 0 aliphatic heterocycles. The van der Waals surface area contributed by atoms with Gasteiger partial charge in [-0.05, 0) is 66.6 Å². The quantitative estimate of drug-likeness (QED) is 0.207. The second-order valence-corrected chi connectivity index (χ2v) is 12.1. The van der Waals surface area contributed by atoms with Crippen LogP contribution in [0.3, 0.4) is 0 Å². The highest BCUT2D eigenvalue weighted by atomic mass is 32.2. The van der Waals surface area contributed by atoms with Gasteiger partial charge in [0.15, 0.2) is 11.5 Å². The largest absolute Gasteiger partial charge is 0.493 e. The van der Waals surface area contributed by atoms with Crippen molar-refractivity contribution in [3.63, 3.8) is 0 Å². The summed E-state index contributed by atoms with van der Waals surface area (Å²) >= 11 is 0. The van der Waals surface area contributed by atoms with Gasteiger partial charge in [-0.15, -0.1) is 0 Å². The van der Waals surface area contributed by atoms with Crippen molar-refractivity contribution < 1.29 is 36.3 Å². The number of benzene rings is 4. The molecular formula is C34H35F2N3O6S. The van der Waals surface area contributed by atoms with Gasteiger partial charge in [-0.1, -0.05) is 42.5 Å². The van der Waals surface area contributed by atoms with Gasteiger partial charge >= 0.3 is 0 Å². The Morgan fingerprint density at radius 1 is 0.804 bits per heavy atom. The van der Waals surface area contributed by atoms with Crippen molar-refractivity contribution in [1.82, 2.24) is 10.2 Å². The van der Waals surface area contributed by atoms with Gasteiger partial charge in [-0.2, -0.15) is 0 Å². The molecule has 46 heavy (non-hydrogen) atoms. The average Bonchev–Trinajstić information content (AvgIpc) is 3.06. The van der Waals surface area contributed by atoms with Gasteiger partial charge in [-0.25, -0.2) is 17.2 Å². The summed E-state index contributed by atoms with van der Waals surface area (Å²) in [6, 6.07) is 22.1. The number of anilines is 1. The Morgan fingerprint density at radius 3 is 2.00 bits per heavy atom. The molecule has 242 valence electrons. The summed E-state index contributed by atoms with van der Waals surface area (Å²) in [5.74, 6) is -1.80. The molecule has 0 radical (unpaired) electrons. The number of carbonyl (C=O) groups excluding carboxylic acids is 2. The maximum absolute atomic E-state index is 14.4. The summed E-state index contributed by atoms with van der Waals surface area (Å²) in [7, 11) is -1.70. The molecule has 4 aromatic rings. The summed E-state index contributed by atoms with van der Waals surface area (Å²) in [5.41, 5.74) is 1.31. The van der Waals surface area contributed by atoms with Crippen LogP contribution >= 0.6 is 0 Å². The van der Waals surface area contributed by atoms with Gasteiger partial charge in [-0.3, -0.25) is 13.9 Å². The second-order valence-electron chi connectivity index (χ2n) is 10.3. The number of methoxy groups -OCH3 is 2. The minimum Gasteiger partial charge on any atom is -0.493 e. The topological polar surface area (TPSA) is 105 Å². The number of hydrogen-bond acceptors (Lipinski definition) is 6. The molecule has 0 bridgehead atoms. The van der Waals surface area contributed by atoms with E-state index in [1.165, 1.54) is 73.7 Å². The number of hydrogen-bond donors (Lipinski definition) is 1. The lowest BCUT2D eigenvalue weighted by molar-refractivity contribution is -0.140. The fourth-order valence-corrected chi connectivity index (χ4v) is 6.30. The van der Waals surface area contributed by atoms with E-state index in [0.29, 0.717) is 11.3 Å². The predicted molar refractivity (Wildman–Crippen MR) is 170 cm³/mol. The molecule has 0 spiro atoms. The van der Waals surface area contributed by atoms with Gasteiger partial charge in [0.2, 0.25) is 11.8 Å². The fraction of sp³-hybridized carbons (Fsp3) is 0.235. The zero-order valence-electron chi connectivity index (χ0n) is 25.7. The summed E-state index contributed by atoms with van der Waals surface area (Å²) in [5, 5.41) is 2.77. The molecule has 12 heteroatoms. The van der Waals surface area contributed by atoms with Crippen LogP contribution in [-0.4, -0.2) is 58.5 Å². The number of sulfonamides is 1. The monoisotopic (exact) mass is 651 g/mol. The van der Waals surface area contributed by atoms with Gasteiger partial charge in [0.05, 0.1) is 24.8 Å². The van der Waals surface area contributed by atoms with Gasteiger partial charge in [0.1, 0.15) is 24.2 Å². The van der Waals surface area contributed by atoms with Crippen molar-refractivity contribution in [1.29, 1.82) is 0 Å². The molecular weight excluding hydrogens is 616 g/mol. The molecule has 1 N–H and O–H groups in total. The van der Waals surface area contributed by atoms with Crippen LogP contribution in [-0.2, 0) is 32.6 Å². The minimum absolute atomic E-state index is 0.0175. The molecule has 1 atom stereocenters. The molecule has 0 saturated carbocycles. The van der Waals surface area contributed by atoms with E-state index >= 15 is 0 Å². The van der Waals surface area contributed by atoms with Crippen LogP contribution in [0.5, 0.6) is 11.5 Å². The highest BCUT2D eigenvalue weighted by Gasteiger charge is 2.35. The molecule has 0 aromatic heterocycles. The fourth-order valence-electron chi connectivity index (χ4n) is 4.87. The maximum Gasteiger partial charge on any atom is 0.264 e. The number of ether oxygens (including phenoxy) is 2. The standard InChI is InChI=1S/C34H35F2N3O6S/c1-4-37-34(41)30(20-24-8-6-5-7-9-24)38(22-25-10-12-26(35)13-11-25)33(40)23-39(28-16-14-27(36)15-17-28)46(42,43)29-18-19-31(44-2)32(21-29)45-3/h5-19,21,30H,4,20,22-23H2,1-3H3,(H,37,41). The zero-order valence-corrected chi connectivity index (χ0v) is 26.5. The molecule has 0 aliphatic rings. The maximum atomic E-state index is 14.4. The van der Waals surface area contributed by atoms with E-state index < -0.39 is 46.1 Å². The Balaban J connectivity index is 1.81. The lowest BCUT2D eigenvalue weighted by atomic mass is 10.0. The minimum atomic E-state index is -4.47. The van der Waals surface area contributed by atoms with Crippen LogP contribution in [0, 0.1) is 11.6 Å². The molecule has 9 nitrogen and oxygen atoms in total. The van der Waals surface area contributed by atoms with Gasteiger partial charge < -0.3 is 19.7 Å². The number of nitrogens with one attached hydrogen (secondary N) is 1. The van der Waals surface area contributed by atoms with Crippen molar-refractivity contribution in [2.24, 2.45) is 0 Å². The van der Waals surface area contributed by atoms with Crippen molar-refractivity contribution in [3.05, 3.63) is 120 Å². The van der Waals surface area contributed by atoms with Gasteiger partial charge in [0.25, 0.3) is 10.0 Å². The van der Waals surface area contributed by atoms with Crippen LogP contribution in [0.1, 0.15) is 18.1 Å². The molecule has 0 heterocycles. The Bertz CT molecular complexity index is 1740. The summed E-state index contributed by atoms with van der Waals surface area (Å²) in [6.07, 6.45) is 0.124. The number of halogens is 2. The summed E-state index contributed by atoms with van der Waals surface area (Å²) < 4.78 is 67.5. The van der Waals surface area contributed by atoms with Crippen LogP contribution in [0.4, 0.5) is 14.5 Å². The zero-order chi connectivity index (χ0) is 33.3. The van der Waals surface area contributed by atoms with Crippen LogP contribution in [0.15, 0.2) is 102 Å². The van der Waals surface area contributed by atoms with E-state index in [0.717, 1.165) is 22.0 Å². The molecule has 4 aromatic carbocycles. The first kappa shape index (κ1) is 33.9. The lowest BCUT2D eigenvalue weighted by Gasteiger charge is -2.33. The second kappa shape index (κ2) is 15.3. The summed E-state index contributed by atoms with van der Waals surface area (Å²) in [6.45, 7) is 1.17. The average molecular weight is 652 g/mol. The Kier molecular flexibility index (Phi) is 11.3. The SMILES string of the molecule is CCNC(=O)C(Cc1ccccc1)N(Cc1ccc(F)cc1)C(=O)CN(c1ccc(F)cc1)S(=O)(=O)c1ccc(OC)c(OC)c1. The highest BCUT2D eigenvalue weighted by molar-refractivity contribution is 7.92. The van der Waals surface area contributed by atoms with E-state index in [-0.39, 0.29) is 35.8 Å². The smallest absolute Gasteiger partial charge is 0.264 e. The molecule has 1 unspecified atom stereocenters. The van der Waals surface area contributed by atoms with Crippen molar-refractivity contribution >= 4 is 27.5 Å². The molecule has 0 aliphatic carbocycles. The van der Waals surface area contributed by atoms with Crippen molar-refractivity contribution in [2.75, 3.05) is 31.6 Å². The van der Waals surface area contributed by atoms with Crippen LogP contribution < -0.4 is 19.1 Å². The molecule has 0 fully saturated rings. The van der Waals surface area contributed by atoms with Crippen molar-refractivity contribution in [2.45, 2.75) is 30.8 Å². The molecule has 0 saturated heterocycles. The molecule has 2 amide bonds. The number of nitrogens with zero attached hydrogens (tertiary/aromatic N) is 2. The third-order valence-corrected chi connectivity index (χ3v) is 8.99. The highest BCUT2D eigenvalue weighted by Crippen LogP contribution is 2.32. The number of carbonyl (C=O) groups is 2. The van der Waals surface area contributed by atoms with E-state index in [4.69, 9.17) is 9.47 Å². The predicted octanol–water partition coefficient (Wildman–Crippen LogP) is 4.95. The number of likely N-dealkylation sites (N-methyl/N-ethyl adjacent to an activating group) is 1. The Labute approximate surface area is 267 Å². The Hall–Kier alpha value is -4.97. The molecule has 4 rings (SSSR count). The van der Waals surface area contributed by atoms with Crippen LogP contribution in [0.2, 0.25) is 0 Å². The Morgan fingerprint density at radius 2 is 1.41 bits per heavy atom. The number of rotatable bonds is 14. The normalized spacial score (nSPS) is 11.8. The van der Waals surface area contributed by atoms with Crippen molar-refractivity contribution in [3.8, 4) is 11.5 Å². The lowest BCUT2D eigenvalue weighted by Crippen LogP contribution is -2.53. The van der Waals surface area contributed by atoms with E-state index in [1.54, 1.807) is 6.92 Å². The van der Waals surface area contributed by atoms with E-state index in [1.807, 2.05) is 30.3 Å². The van der Waals surface area contributed by atoms with Gasteiger partial charge in [0, 0.05) is 25.6 Å². The van der Waals surface area contributed by atoms with Crippen LogP contribution in [0.25, 0.3) is 0 Å². The first-order valence-corrected chi connectivity index (χ1v) is 15.9. The third-order valence-electron chi connectivity index (χ3n) is 7.22. The summed E-state index contributed by atoms with van der Waals surface area (Å²) in [4.78, 5) is 28.9. The first-order valence-electron chi connectivity index (χ1n) is 14.4. The van der Waals surface area contributed by atoms with E-state index in [2.05, 4.69) is 5.32 Å². The third kappa shape index (κ3) is 8.19.